The van der Waals surface area contributed by atoms with Crippen LogP contribution < -0.4 is 41.5 Å². The molecule has 0 amide bonds. The maximum absolute atomic E-state index is 2.90. The quantitative estimate of drug-likeness (QED) is 0.101. The molecule has 0 aliphatic carbocycles. The average Bonchev–Trinajstić information content (AvgIpc) is 4.23. The van der Waals surface area contributed by atoms with Gasteiger partial charge in [0.1, 0.15) is 0 Å². The molecule has 0 saturated carbocycles. The largest absolute Gasteiger partial charge is 0.306 e. The molecule has 0 unspecified atom stereocenters. The number of para-hydroxylation sites is 5. The van der Waals surface area contributed by atoms with Crippen molar-refractivity contribution >= 4 is 123 Å². The van der Waals surface area contributed by atoms with Crippen LogP contribution in [0.1, 0.15) is 0 Å². The summed E-state index contributed by atoms with van der Waals surface area (Å²) in [5.74, 6) is 0. The first kappa shape index (κ1) is 44.9. The van der Waals surface area contributed by atoms with Crippen LogP contribution in [-0.2, 0) is 0 Å². The summed E-state index contributed by atoms with van der Waals surface area (Å²) in [6, 6.07) is 117. The first-order valence-corrected chi connectivity index (χ1v) is 30.7. The maximum Gasteiger partial charge on any atom is 0.179 e. The second-order valence-electron chi connectivity index (χ2n) is 20.3. The Kier molecular flexibility index (Phi) is 10.6. The van der Waals surface area contributed by atoms with Gasteiger partial charge >= 0.3 is 0 Å². The second-order valence-corrected chi connectivity index (χ2v) is 28.0. The zero-order chi connectivity index (χ0) is 50.9. The Morgan fingerprint density at radius 3 is 0.779 bits per heavy atom. The third kappa shape index (κ3) is 6.67. The normalized spacial score (nSPS) is 12.2. The average molecular weight is 1010 g/mol. The minimum Gasteiger partial charge on any atom is -0.306 e. The lowest BCUT2D eigenvalue weighted by molar-refractivity contribution is 1.15. The van der Waals surface area contributed by atoms with E-state index in [1.165, 1.54) is 85.1 Å². The Hall–Kier alpha value is -9.53. The van der Waals surface area contributed by atoms with Gasteiger partial charge in [-0.1, -0.05) is 261 Å². The van der Waals surface area contributed by atoms with Gasteiger partial charge in [0.15, 0.2) is 16.1 Å². The molecule has 0 aliphatic rings. The van der Waals surface area contributed by atoms with Gasteiger partial charge in [-0.2, -0.15) is 0 Å². The summed E-state index contributed by atoms with van der Waals surface area (Å²) in [5, 5.41) is 15.7. The molecule has 0 spiro atoms. The maximum atomic E-state index is 2.60. The van der Waals surface area contributed by atoms with Gasteiger partial charge in [-0.05, 0) is 90.0 Å². The molecule has 0 bridgehead atoms. The molecule has 5 heteroatoms. The van der Waals surface area contributed by atoms with Crippen LogP contribution in [0, 0.1) is 0 Å². The monoisotopic (exact) mass is 1010 g/mol. The van der Waals surface area contributed by atoms with Gasteiger partial charge in [0.05, 0.1) is 44.1 Å². The molecule has 0 atom stereocenters. The molecule has 0 radical (unpaired) electrons. The van der Waals surface area contributed by atoms with Crippen LogP contribution in [0.25, 0.3) is 71.4 Å². The van der Waals surface area contributed by atoms with Crippen molar-refractivity contribution in [2.24, 2.45) is 0 Å². The van der Waals surface area contributed by atoms with Gasteiger partial charge in [-0.25, -0.2) is 0 Å². The summed E-state index contributed by atoms with van der Waals surface area (Å²) >= 11 is 0. The third-order valence-corrected chi connectivity index (χ3v) is 26.1. The Bertz CT molecular complexity index is 4230. The molecular formula is C72H51N3Si2. The number of nitrogens with zero attached hydrogens (tertiary/aromatic N) is 3. The number of benzene rings is 12. The van der Waals surface area contributed by atoms with E-state index in [0.29, 0.717) is 0 Å². The van der Waals surface area contributed by atoms with Crippen LogP contribution in [0.3, 0.4) is 0 Å². The highest BCUT2D eigenvalue weighted by Crippen LogP contribution is 2.41. The van der Waals surface area contributed by atoms with Gasteiger partial charge in [-0.3, -0.25) is 0 Å². The summed E-state index contributed by atoms with van der Waals surface area (Å²) in [6.45, 7) is 0. The van der Waals surface area contributed by atoms with Crippen molar-refractivity contribution in [2.75, 3.05) is 0 Å². The van der Waals surface area contributed by atoms with Gasteiger partial charge in [-0.15, -0.1) is 0 Å². The van der Waals surface area contributed by atoms with Crippen molar-refractivity contribution in [1.29, 1.82) is 0 Å². The number of aromatic nitrogens is 3. The Balaban J connectivity index is 1.15. The lowest BCUT2D eigenvalue weighted by Crippen LogP contribution is -2.74. The summed E-state index contributed by atoms with van der Waals surface area (Å²) in [5.41, 5.74) is 10.3. The van der Waals surface area contributed by atoms with Crippen LogP contribution in [0.2, 0.25) is 0 Å². The predicted octanol–water partition coefficient (Wildman–Crippen LogP) is 12.1. The van der Waals surface area contributed by atoms with Gasteiger partial charge < -0.3 is 13.4 Å². The van der Waals surface area contributed by atoms with E-state index in [1.807, 2.05) is 0 Å². The van der Waals surface area contributed by atoms with Crippen LogP contribution in [0.5, 0.6) is 0 Å². The van der Waals surface area contributed by atoms with E-state index in [-0.39, 0.29) is 0 Å². The predicted molar refractivity (Wildman–Crippen MR) is 331 cm³/mol. The molecule has 15 rings (SSSR count). The molecule has 0 saturated heterocycles. The molecule has 0 aliphatic heterocycles. The van der Waals surface area contributed by atoms with Gasteiger partial charge in [0.2, 0.25) is 0 Å². The van der Waals surface area contributed by atoms with Gasteiger partial charge in [0, 0.05) is 27.2 Å². The smallest absolute Gasteiger partial charge is 0.179 e. The topological polar surface area (TPSA) is 13.8 Å². The zero-order valence-corrected chi connectivity index (χ0v) is 44.3. The Morgan fingerprint density at radius 1 is 0.195 bits per heavy atom. The molecule has 362 valence electrons. The molecule has 0 fully saturated rings. The molecule has 77 heavy (non-hydrogen) atoms. The number of hydrogen-bond donors (Lipinski definition) is 0. The number of fused-ring (bicyclic) bond motifs is 10. The number of rotatable bonds is 9. The van der Waals surface area contributed by atoms with E-state index in [2.05, 4.69) is 323 Å². The highest BCUT2D eigenvalue weighted by atomic mass is 28.3. The minimum absolute atomic E-state index is 1.09. The molecule has 0 N–H and O–H groups in total. The minimum atomic E-state index is -2.90. The summed E-state index contributed by atoms with van der Waals surface area (Å²) in [4.78, 5) is 0. The highest BCUT2D eigenvalue weighted by Gasteiger charge is 2.43. The molecule has 3 nitrogen and oxygen atoms in total. The standard InChI is InChI=1S/C72H51N3Si2/c1-8-26-52(27-9-1)73-67-40-22-24-42-69(67)74-65-48-44-59(76(53-28-10-2-11-29-53,54-30-12-3-13-31-54)55-32-14-4-15-33-55)50-63(65)61-46-47-62-64-51-60(45-49-66(64)75(72(62)71(61)74)70-43-25-23-41-68(70)73)77(56-34-16-5-17-35-56,57-36-18-6-19-37-57)58-38-20-7-21-39-58/h1-51H. The van der Waals surface area contributed by atoms with E-state index in [9.17, 15) is 0 Å². The van der Waals surface area contributed by atoms with Crippen LogP contribution in [0.4, 0.5) is 0 Å². The fraction of sp³-hybridized carbons (Fsp3) is 0. The van der Waals surface area contributed by atoms with E-state index in [4.69, 9.17) is 0 Å². The second kappa shape index (κ2) is 18.1. The van der Waals surface area contributed by atoms with Gasteiger partial charge in [0.25, 0.3) is 0 Å². The van der Waals surface area contributed by atoms with Crippen molar-refractivity contribution in [2.45, 2.75) is 0 Å². The van der Waals surface area contributed by atoms with Crippen molar-refractivity contribution < 1.29 is 0 Å². The fourth-order valence-corrected chi connectivity index (χ4v) is 22.9. The van der Waals surface area contributed by atoms with Crippen molar-refractivity contribution in [3.05, 3.63) is 309 Å². The first-order valence-electron chi connectivity index (χ1n) is 26.7. The molecule has 3 aromatic heterocycles. The highest BCUT2D eigenvalue weighted by molar-refractivity contribution is 7.20. The van der Waals surface area contributed by atoms with Crippen LogP contribution in [-0.4, -0.2) is 29.5 Å². The Labute approximate surface area is 449 Å². The lowest BCUT2D eigenvalue weighted by atomic mass is 10.1. The van der Waals surface area contributed by atoms with E-state index in [1.54, 1.807) is 0 Å². The lowest BCUT2D eigenvalue weighted by Gasteiger charge is -2.34. The van der Waals surface area contributed by atoms with Crippen molar-refractivity contribution in [3.63, 3.8) is 0 Å². The van der Waals surface area contributed by atoms with E-state index in [0.717, 1.165) is 27.8 Å². The summed E-state index contributed by atoms with van der Waals surface area (Å²) in [6.07, 6.45) is 0. The fourth-order valence-electron chi connectivity index (χ4n) is 13.4. The SMILES string of the molecule is c1ccc(-n2c3ccccc3n3c4ccc([Si](c5ccccc5)(c5ccccc5)c5ccccc5)cc4c4ccc5c6cc([Si](c7ccccc7)(c7ccccc7)c7ccccc7)ccc6n(c6ccccc62)c5c43)cc1. The molecular weight excluding hydrogens is 963 g/mol. The van der Waals surface area contributed by atoms with E-state index < -0.39 is 16.1 Å². The molecule has 12 aromatic carbocycles. The third-order valence-electron chi connectivity index (χ3n) is 16.5. The van der Waals surface area contributed by atoms with Crippen molar-refractivity contribution in [3.8, 4) is 5.69 Å². The summed E-state index contributed by atoms with van der Waals surface area (Å²) < 4.78 is 7.67. The van der Waals surface area contributed by atoms with Crippen LogP contribution >= 0.6 is 0 Å². The zero-order valence-electron chi connectivity index (χ0n) is 42.3. The van der Waals surface area contributed by atoms with Crippen molar-refractivity contribution in [1.82, 2.24) is 13.4 Å². The number of hydrogen-bond acceptors (Lipinski definition) is 0. The molecule has 3 heterocycles. The first-order chi connectivity index (χ1) is 38.2. The Morgan fingerprint density at radius 2 is 0.468 bits per heavy atom. The van der Waals surface area contributed by atoms with E-state index >= 15 is 0 Å². The molecule has 15 aromatic rings. The van der Waals surface area contributed by atoms with Crippen LogP contribution in [0.15, 0.2) is 309 Å². The summed E-state index contributed by atoms with van der Waals surface area (Å²) in [7, 11) is -5.80.